The smallest absolute Gasteiger partial charge is 0.314 e. The molecule has 0 amide bonds. The number of hydrogen-bond donors (Lipinski definition) is 3. The van der Waals surface area contributed by atoms with E-state index in [-0.39, 0.29) is 0 Å². The molecular formula is C12H24N4O2S. The quantitative estimate of drug-likeness (QED) is 0.481. The largest absolute Gasteiger partial charge is 0.389 e. The minimum Gasteiger partial charge on any atom is -0.389 e. The van der Waals surface area contributed by atoms with Gasteiger partial charge in [0.25, 0.3) is 0 Å². The predicted octanol–water partition coefficient (Wildman–Crippen LogP) is 0.968. The summed E-state index contributed by atoms with van der Waals surface area (Å²) >= 11 is 0. The minimum absolute atomic E-state index is 0.297. The molecule has 0 aliphatic heterocycles. The second kappa shape index (κ2) is 6.93. The SMILES string of the molecule is CCCN(N)S(=O)(=O)NC1=C(C)CCC(NCC)=C1. The number of hydrazine groups is 1. The zero-order valence-corrected chi connectivity index (χ0v) is 12.7. The van der Waals surface area contributed by atoms with Crippen LogP contribution in [0, 0.1) is 0 Å². The first-order chi connectivity index (χ1) is 8.90. The van der Waals surface area contributed by atoms with Crippen LogP contribution in [0.15, 0.2) is 23.0 Å². The molecule has 4 N–H and O–H groups in total. The molecule has 19 heavy (non-hydrogen) atoms. The molecule has 1 aliphatic carbocycles. The van der Waals surface area contributed by atoms with Crippen LogP contribution in [0.5, 0.6) is 0 Å². The molecule has 0 heterocycles. The van der Waals surface area contributed by atoms with Crippen LogP contribution in [-0.4, -0.2) is 25.9 Å². The van der Waals surface area contributed by atoms with Crippen molar-refractivity contribution in [2.45, 2.75) is 40.0 Å². The lowest BCUT2D eigenvalue weighted by atomic mass is 10.0. The monoisotopic (exact) mass is 288 g/mol. The Bertz CT molecular complexity index is 464. The molecule has 0 unspecified atom stereocenters. The number of hydrogen-bond acceptors (Lipinski definition) is 4. The molecular weight excluding hydrogens is 264 g/mol. The summed E-state index contributed by atoms with van der Waals surface area (Å²) in [5.41, 5.74) is 2.69. The Morgan fingerprint density at radius 2 is 2.05 bits per heavy atom. The minimum atomic E-state index is -3.66. The third-order valence-electron chi connectivity index (χ3n) is 2.94. The molecule has 0 radical (unpaired) electrons. The number of nitrogens with zero attached hydrogens (tertiary/aromatic N) is 1. The summed E-state index contributed by atoms with van der Waals surface area (Å²) in [6.45, 7) is 6.94. The molecule has 7 heteroatoms. The van der Waals surface area contributed by atoms with Gasteiger partial charge < -0.3 is 5.32 Å². The Morgan fingerprint density at radius 1 is 1.37 bits per heavy atom. The topological polar surface area (TPSA) is 87.5 Å². The van der Waals surface area contributed by atoms with Crippen molar-refractivity contribution in [1.29, 1.82) is 0 Å². The maximum atomic E-state index is 12.0. The van der Waals surface area contributed by atoms with E-state index < -0.39 is 10.2 Å². The van der Waals surface area contributed by atoms with Gasteiger partial charge in [-0.05, 0) is 44.8 Å². The van der Waals surface area contributed by atoms with Crippen molar-refractivity contribution in [3.05, 3.63) is 23.0 Å². The van der Waals surface area contributed by atoms with E-state index in [1.807, 2.05) is 26.8 Å². The zero-order valence-electron chi connectivity index (χ0n) is 11.9. The normalized spacial score (nSPS) is 16.6. The van der Waals surface area contributed by atoms with Gasteiger partial charge in [0.15, 0.2) is 0 Å². The average Bonchev–Trinajstić information content (AvgIpc) is 2.34. The molecule has 0 fully saturated rings. The van der Waals surface area contributed by atoms with E-state index in [0.29, 0.717) is 18.7 Å². The van der Waals surface area contributed by atoms with Gasteiger partial charge in [-0.1, -0.05) is 6.92 Å². The van der Waals surface area contributed by atoms with Crippen LogP contribution in [0.3, 0.4) is 0 Å². The van der Waals surface area contributed by atoms with E-state index >= 15 is 0 Å². The van der Waals surface area contributed by atoms with Gasteiger partial charge in [-0.2, -0.15) is 8.42 Å². The Balaban J connectivity index is 2.85. The van der Waals surface area contributed by atoms with Gasteiger partial charge in [0.05, 0.1) is 5.70 Å². The summed E-state index contributed by atoms with van der Waals surface area (Å²) in [7, 11) is -3.66. The van der Waals surface area contributed by atoms with Crippen LogP contribution in [-0.2, 0) is 10.2 Å². The van der Waals surface area contributed by atoms with Crippen LogP contribution < -0.4 is 15.9 Å². The van der Waals surface area contributed by atoms with Crippen molar-refractivity contribution in [3.63, 3.8) is 0 Å². The Hall–Kier alpha value is -1.05. The second-order valence-electron chi connectivity index (χ2n) is 4.61. The third-order valence-corrected chi connectivity index (χ3v) is 4.22. The van der Waals surface area contributed by atoms with Crippen LogP contribution in [0.2, 0.25) is 0 Å². The van der Waals surface area contributed by atoms with Gasteiger partial charge in [-0.25, -0.2) is 0 Å². The molecule has 110 valence electrons. The standard InChI is InChI=1S/C12H24N4O2S/c1-4-8-16(13)19(17,18)15-12-9-11(14-5-2)7-6-10(12)3/h9,14-15H,4-8,13H2,1-3H3. The molecule has 0 saturated heterocycles. The van der Waals surface area contributed by atoms with Crippen LogP contribution >= 0.6 is 0 Å². The first-order valence-corrected chi connectivity index (χ1v) is 8.04. The van der Waals surface area contributed by atoms with E-state index in [2.05, 4.69) is 10.0 Å². The summed E-state index contributed by atoms with van der Waals surface area (Å²) in [4.78, 5) is 0. The lowest BCUT2D eigenvalue weighted by Crippen LogP contribution is -2.45. The van der Waals surface area contributed by atoms with Crippen LogP contribution in [0.4, 0.5) is 0 Å². The summed E-state index contributed by atoms with van der Waals surface area (Å²) in [6.07, 6.45) is 4.27. The van der Waals surface area contributed by atoms with Gasteiger partial charge in [-0.3, -0.25) is 10.6 Å². The van der Waals surface area contributed by atoms with E-state index in [1.54, 1.807) is 0 Å². The fourth-order valence-electron chi connectivity index (χ4n) is 1.85. The molecule has 0 aromatic heterocycles. The summed E-state index contributed by atoms with van der Waals surface area (Å²) in [6, 6.07) is 0. The molecule has 1 aliphatic rings. The number of rotatable bonds is 7. The highest BCUT2D eigenvalue weighted by molar-refractivity contribution is 7.87. The Morgan fingerprint density at radius 3 is 2.63 bits per heavy atom. The van der Waals surface area contributed by atoms with E-state index in [4.69, 9.17) is 5.84 Å². The molecule has 6 nitrogen and oxygen atoms in total. The highest BCUT2D eigenvalue weighted by Crippen LogP contribution is 2.21. The Kier molecular flexibility index (Phi) is 5.84. The van der Waals surface area contributed by atoms with Crippen LogP contribution in [0.25, 0.3) is 0 Å². The van der Waals surface area contributed by atoms with Gasteiger partial charge in [0.2, 0.25) is 0 Å². The summed E-state index contributed by atoms with van der Waals surface area (Å²) < 4.78 is 27.4. The lowest BCUT2D eigenvalue weighted by Gasteiger charge is -2.22. The number of nitrogens with two attached hydrogens (primary N) is 1. The summed E-state index contributed by atoms with van der Waals surface area (Å²) in [5, 5.41) is 3.22. The van der Waals surface area contributed by atoms with Crippen molar-refractivity contribution < 1.29 is 8.42 Å². The molecule has 0 aromatic carbocycles. The molecule has 1 rings (SSSR count). The van der Waals surface area contributed by atoms with Gasteiger partial charge >= 0.3 is 10.2 Å². The fourth-order valence-corrected chi connectivity index (χ4v) is 2.90. The average molecular weight is 288 g/mol. The van der Waals surface area contributed by atoms with E-state index in [9.17, 15) is 8.42 Å². The van der Waals surface area contributed by atoms with E-state index in [0.717, 1.165) is 35.1 Å². The summed E-state index contributed by atoms with van der Waals surface area (Å²) in [5.74, 6) is 5.54. The van der Waals surface area contributed by atoms with Crippen molar-refractivity contribution in [2.24, 2.45) is 5.84 Å². The predicted molar refractivity (Wildman–Crippen MR) is 76.9 cm³/mol. The van der Waals surface area contributed by atoms with Crippen molar-refractivity contribution in [2.75, 3.05) is 13.1 Å². The van der Waals surface area contributed by atoms with Gasteiger partial charge in [0.1, 0.15) is 0 Å². The number of allylic oxidation sites excluding steroid dienone is 3. The van der Waals surface area contributed by atoms with E-state index in [1.165, 1.54) is 0 Å². The third kappa shape index (κ3) is 4.52. The van der Waals surface area contributed by atoms with Crippen molar-refractivity contribution in [3.8, 4) is 0 Å². The molecule has 0 atom stereocenters. The van der Waals surface area contributed by atoms with Gasteiger partial charge in [0, 0.05) is 18.8 Å². The highest BCUT2D eigenvalue weighted by Gasteiger charge is 2.20. The number of nitrogens with one attached hydrogen (secondary N) is 2. The first-order valence-electron chi connectivity index (χ1n) is 6.60. The maximum Gasteiger partial charge on any atom is 0.314 e. The fraction of sp³-hybridized carbons (Fsp3) is 0.667. The maximum absolute atomic E-state index is 12.0. The Labute approximate surface area is 115 Å². The molecule has 0 bridgehead atoms. The molecule has 0 spiro atoms. The second-order valence-corrected chi connectivity index (χ2v) is 6.24. The zero-order chi connectivity index (χ0) is 14.5. The van der Waals surface area contributed by atoms with Gasteiger partial charge in [-0.15, -0.1) is 4.41 Å². The molecule has 0 saturated carbocycles. The highest BCUT2D eigenvalue weighted by atomic mass is 32.2. The van der Waals surface area contributed by atoms with Crippen molar-refractivity contribution in [1.82, 2.24) is 14.5 Å². The lowest BCUT2D eigenvalue weighted by molar-refractivity contribution is 0.420. The van der Waals surface area contributed by atoms with Crippen molar-refractivity contribution >= 4 is 10.2 Å². The van der Waals surface area contributed by atoms with Crippen LogP contribution in [0.1, 0.15) is 40.0 Å². The first kappa shape index (κ1) is 16.0. The molecule has 0 aromatic rings.